The molecule has 0 radical (unpaired) electrons. The topological polar surface area (TPSA) is 29.3 Å². The average Bonchev–Trinajstić information content (AvgIpc) is 2.35. The fraction of sp³-hybridized carbons (Fsp3) is 0.571. The van der Waals surface area contributed by atoms with Crippen LogP contribution in [0.4, 0.5) is 4.39 Å². The molecule has 2 rings (SSSR count). The quantitative estimate of drug-likeness (QED) is 0.874. The van der Waals surface area contributed by atoms with Gasteiger partial charge in [0.25, 0.3) is 0 Å². The predicted molar refractivity (Wildman–Crippen MR) is 68.2 cm³/mol. The van der Waals surface area contributed by atoms with E-state index in [1.807, 2.05) is 12.1 Å². The van der Waals surface area contributed by atoms with Crippen molar-refractivity contribution >= 4 is 0 Å². The summed E-state index contributed by atoms with van der Waals surface area (Å²) in [5.41, 5.74) is 7.03. The minimum absolute atomic E-state index is 0.184. The van der Waals surface area contributed by atoms with Gasteiger partial charge in [0.15, 0.2) is 0 Å². The van der Waals surface area contributed by atoms with Crippen LogP contribution in [-0.4, -0.2) is 24.0 Å². The van der Waals surface area contributed by atoms with E-state index in [-0.39, 0.29) is 11.9 Å². The molecule has 2 N–H and O–H groups in total. The summed E-state index contributed by atoms with van der Waals surface area (Å²) < 4.78 is 12.9. The highest BCUT2D eigenvalue weighted by Gasteiger charge is 2.26. The summed E-state index contributed by atoms with van der Waals surface area (Å²) >= 11 is 0. The Bertz CT molecular complexity index is 350. The number of rotatable bonds is 3. The number of benzene rings is 1. The van der Waals surface area contributed by atoms with Crippen LogP contribution >= 0.6 is 0 Å². The van der Waals surface area contributed by atoms with Gasteiger partial charge in [-0.3, -0.25) is 4.90 Å². The van der Waals surface area contributed by atoms with Gasteiger partial charge in [-0.25, -0.2) is 4.39 Å². The van der Waals surface area contributed by atoms with Gasteiger partial charge in [-0.05, 0) is 44.0 Å². The zero-order valence-electron chi connectivity index (χ0n) is 10.4. The summed E-state index contributed by atoms with van der Waals surface area (Å²) in [5, 5.41) is 0. The van der Waals surface area contributed by atoms with Crippen molar-refractivity contribution in [1.29, 1.82) is 0 Å². The van der Waals surface area contributed by atoms with E-state index in [2.05, 4.69) is 11.8 Å². The van der Waals surface area contributed by atoms with Gasteiger partial charge in [0.1, 0.15) is 5.82 Å². The smallest absolute Gasteiger partial charge is 0.123 e. The van der Waals surface area contributed by atoms with Gasteiger partial charge in [-0.15, -0.1) is 0 Å². The predicted octanol–water partition coefficient (Wildman–Crippen LogP) is 2.70. The second kappa shape index (κ2) is 5.61. The second-order valence-corrected chi connectivity index (χ2v) is 4.89. The van der Waals surface area contributed by atoms with Gasteiger partial charge in [0.05, 0.1) is 0 Å². The first kappa shape index (κ1) is 12.5. The van der Waals surface area contributed by atoms with Crippen LogP contribution in [0.15, 0.2) is 24.3 Å². The van der Waals surface area contributed by atoms with Gasteiger partial charge in [0.2, 0.25) is 0 Å². The van der Waals surface area contributed by atoms with Crippen molar-refractivity contribution in [2.24, 2.45) is 5.73 Å². The molecule has 2 atom stereocenters. The number of piperidine rings is 1. The highest BCUT2D eigenvalue weighted by Crippen LogP contribution is 2.27. The third-order valence-electron chi connectivity index (χ3n) is 3.73. The van der Waals surface area contributed by atoms with Gasteiger partial charge < -0.3 is 5.73 Å². The standard InChI is InChI=1S/C14H21FN2/c1-11-4-2-3-9-17(11)14(10-16)12-5-7-13(15)8-6-12/h5-8,11,14H,2-4,9-10,16H2,1H3. The first-order valence-electron chi connectivity index (χ1n) is 6.43. The summed E-state index contributed by atoms with van der Waals surface area (Å²) in [4.78, 5) is 2.46. The van der Waals surface area contributed by atoms with Crippen LogP contribution in [0.1, 0.15) is 37.8 Å². The molecular weight excluding hydrogens is 215 g/mol. The van der Waals surface area contributed by atoms with Crippen molar-refractivity contribution in [2.75, 3.05) is 13.1 Å². The lowest BCUT2D eigenvalue weighted by molar-refractivity contribution is 0.109. The van der Waals surface area contributed by atoms with E-state index in [9.17, 15) is 4.39 Å². The summed E-state index contributed by atoms with van der Waals surface area (Å²) in [5.74, 6) is -0.184. The molecule has 1 aliphatic heterocycles. The fourth-order valence-electron chi connectivity index (χ4n) is 2.73. The van der Waals surface area contributed by atoms with Gasteiger partial charge >= 0.3 is 0 Å². The van der Waals surface area contributed by atoms with Crippen LogP contribution in [0.5, 0.6) is 0 Å². The van der Waals surface area contributed by atoms with Crippen LogP contribution in [0.2, 0.25) is 0 Å². The molecule has 1 fully saturated rings. The lowest BCUT2D eigenvalue weighted by atomic mass is 9.97. The third kappa shape index (κ3) is 2.85. The van der Waals surface area contributed by atoms with E-state index in [0.29, 0.717) is 12.6 Å². The van der Waals surface area contributed by atoms with E-state index >= 15 is 0 Å². The van der Waals surface area contributed by atoms with E-state index in [1.54, 1.807) is 0 Å². The maximum atomic E-state index is 12.9. The monoisotopic (exact) mass is 236 g/mol. The van der Waals surface area contributed by atoms with E-state index in [4.69, 9.17) is 5.73 Å². The van der Waals surface area contributed by atoms with E-state index in [0.717, 1.165) is 12.1 Å². The molecule has 0 aliphatic carbocycles. The van der Waals surface area contributed by atoms with Gasteiger partial charge in [-0.2, -0.15) is 0 Å². The van der Waals surface area contributed by atoms with Crippen LogP contribution in [0.3, 0.4) is 0 Å². The number of nitrogens with zero attached hydrogens (tertiary/aromatic N) is 1. The van der Waals surface area contributed by atoms with Gasteiger partial charge in [0, 0.05) is 18.6 Å². The largest absolute Gasteiger partial charge is 0.329 e. The minimum atomic E-state index is -0.184. The molecule has 1 aromatic carbocycles. The number of nitrogens with two attached hydrogens (primary N) is 1. The lowest BCUT2D eigenvalue weighted by Crippen LogP contribution is -2.43. The fourth-order valence-corrected chi connectivity index (χ4v) is 2.73. The molecule has 0 saturated carbocycles. The van der Waals surface area contributed by atoms with Crippen molar-refractivity contribution < 1.29 is 4.39 Å². The SMILES string of the molecule is CC1CCCCN1C(CN)c1ccc(F)cc1. The summed E-state index contributed by atoms with van der Waals surface area (Å²) in [6, 6.07) is 7.55. The third-order valence-corrected chi connectivity index (χ3v) is 3.73. The Morgan fingerprint density at radius 1 is 1.35 bits per heavy atom. The summed E-state index contributed by atoms with van der Waals surface area (Å²) in [7, 11) is 0. The van der Waals surface area contributed by atoms with Crippen molar-refractivity contribution in [3.63, 3.8) is 0 Å². The molecule has 1 heterocycles. The van der Waals surface area contributed by atoms with Crippen molar-refractivity contribution in [3.05, 3.63) is 35.6 Å². The van der Waals surface area contributed by atoms with E-state index in [1.165, 1.54) is 31.4 Å². The normalized spacial score (nSPS) is 23.6. The number of likely N-dealkylation sites (tertiary alicyclic amines) is 1. The van der Waals surface area contributed by atoms with Crippen molar-refractivity contribution in [3.8, 4) is 0 Å². The van der Waals surface area contributed by atoms with E-state index < -0.39 is 0 Å². The minimum Gasteiger partial charge on any atom is -0.329 e. The average molecular weight is 236 g/mol. The molecule has 2 unspecified atom stereocenters. The number of hydrogen-bond acceptors (Lipinski definition) is 2. The zero-order valence-corrected chi connectivity index (χ0v) is 10.4. The van der Waals surface area contributed by atoms with Gasteiger partial charge in [-0.1, -0.05) is 18.6 Å². The summed E-state index contributed by atoms with van der Waals surface area (Å²) in [6.07, 6.45) is 3.78. The molecule has 3 heteroatoms. The summed E-state index contributed by atoms with van der Waals surface area (Å²) in [6.45, 7) is 3.95. The molecule has 1 aromatic rings. The van der Waals surface area contributed by atoms with Crippen LogP contribution in [-0.2, 0) is 0 Å². The highest BCUT2D eigenvalue weighted by atomic mass is 19.1. The number of hydrogen-bond donors (Lipinski definition) is 1. The Morgan fingerprint density at radius 3 is 2.65 bits per heavy atom. The Balaban J connectivity index is 2.17. The molecule has 1 aliphatic rings. The first-order valence-corrected chi connectivity index (χ1v) is 6.43. The highest BCUT2D eigenvalue weighted by molar-refractivity contribution is 5.20. The molecule has 0 amide bonds. The van der Waals surface area contributed by atoms with Crippen molar-refractivity contribution in [2.45, 2.75) is 38.3 Å². The Morgan fingerprint density at radius 2 is 2.06 bits per heavy atom. The molecule has 0 bridgehead atoms. The first-order chi connectivity index (χ1) is 8.22. The van der Waals surface area contributed by atoms with Crippen LogP contribution in [0, 0.1) is 5.82 Å². The number of halogens is 1. The Kier molecular flexibility index (Phi) is 4.13. The molecular formula is C14H21FN2. The molecule has 2 nitrogen and oxygen atoms in total. The zero-order chi connectivity index (χ0) is 12.3. The van der Waals surface area contributed by atoms with Crippen molar-refractivity contribution in [1.82, 2.24) is 4.90 Å². The lowest BCUT2D eigenvalue weighted by Gasteiger charge is -2.39. The van der Waals surface area contributed by atoms with Crippen LogP contribution in [0.25, 0.3) is 0 Å². The maximum Gasteiger partial charge on any atom is 0.123 e. The Labute approximate surface area is 103 Å². The molecule has 0 aromatic heterocycles. The second-order valence-electron chi connectivity index (χ2n) is 4.89. The Hall–Kier alpha value is -0.930. The van der Waals surface area contributed by atoms with Crippen LogP contribution < -0.4 is 5.73 Å². The molecule has 94 valence electrons. The molecule has 17 heavy (non-hydrogen) atoms. The molecule has 1 saturated heterocycles. The maximum absolute atomic E-state index is 12.9. The molecule has 0 spiro atoms.